The average molecular weight is 228 g/mol. The van der Waals surface area contributed by atoms with Crippen molar-refractivity contribution in [3.63, 3.8) is 0 Å². The molecule has 0 atom stereocenters. The fourth-order valence-electron chi connectivity index (χ4n) is 1.68. The van der Waals surface area contributed by atoms with Gasteiger partial charge in [-0.15, -0.1) is 11.3 Å². The molecule has 3 aromatic rings. The molecule has 0 aliphatic heterocycles. The van der Waals surface area contributed by atoms with Crippen LogP contribution in [0.3, 0.4) is 0 Å². The molecule has 2 heterocycles. The summed E-state index contributed by atoms with van der Waals surface area (Å²) in [4.78, 5) is 16.1. The third-order valence-electron chi connectivity index (χ3n) is 2.41. The van der Waals surface area contributed by atoms with Gasteiger partial charge in [-0.1, -0.05) is 18.2 Å². The molecule has 3 rings (SSSR count). The molecule has 0 radical (unpaired) electrons. The van der Waals surface area contributed by atoms with E-state index >= 15 is 0 Å². The first-order valence-electron chi connectivity index (χ1n) is 4.75. The third kappa shape index (κ3) is 1.35. The molecule has 0 N–H and O–H groups in total. The van der Waals surface area contributed by atoms with Crippen molar-refractivity contribution in [1.82, 2.24) is 4.98 Å². The van der Waals surface area contributed by atoms with Gasteiger partial charge in [0.1, 0.15) is 4.83 Å². The lowest BCUT2D eigenvalue weighted by Gasteiger charge is -1.95. The van der Waals surface area contributed by atoms with E-state index in [0.29, 0.717) is 0 Å². The van der Waals surface area contributed by atoms with Gasteiger partial charge in [0.15, 0.2) is 0 Å². The lowest BCUT2D eigenvalue weighted by atomic mass is 10.2. The smallest absolute Gasteiger partial charge is 0.124 e. The standard InChI is InChI=1S/C12H7NO2S/c14-12(15)10-6-8-5-7-3-1-2-4-9(7)13-11(8)16-10/h1-6H,(H,14,15)/p-1. The molecular formula is C12H6NO2S-. The number of pyridine rings is 1. The second-order valence-electron chi connectivity index (χ2n) is 3.47. The van der Waals surface area contributed by atoms with Crippen molar-refractivity contribution in [1.29, 1.82) is 0 Å². The Morgan fingerprint density at radius 2 is 2.00 bits per heavy atom. The third-order valence-corrected chi connectivity index (χ3v) is 3.44. The summed E-state index contributed by atoms with van der Waals surface area (Å²) >= 11 is 1.15. The van der Waals surface area contributed by atoms with Gasteiger partial charge in [0, 0.05) is 10.8 Å². The molecule has 2 aromatic heterocycles. The summed E-state index contributed by atoms with van der Waals surface area (Å²) in [5, 5.41) is 12.6. The van der Waals surface area contributed by atoms with E-state index in [1.807, 2.05) is 30.3 Å². The summed E-state index contributed by atoms with van der Waals surface area (Å²) in [6.07, 6.45) is 0. The zero-order valence-electron chi connectivity index (χ0n) is 8.14. The molecule has 1 aromatic carbocycles. The molecular weight excluding hydrogens is 222 g/mol. The van der Waals surface area contributed by atoms with Crippen LogP contribution in [0, 0.1) is 0 Å². The van der Waals surface area contributed by atoms with Crippen LogP contribution >= 0.6 is 11.3 Å². The number of carboxylic acid groups (broad SMARTS) is 1. The van der Waals surface area contributed by atoms with Crippen molar-refractivity contribution in [3.8, 4) is 0 Å². The summed E-state index contributed by atoms with van der Waals surface area (Å²) in [7, 11) is 0. The van der Waals surface area contributed by atoms with E-state index in [4.69, 9.17) is 0 Å². The summed E-state index contributed by atoms with van der Waals surface area (Å²) < 4.78 is 0. The maximum atomic E-state index is 10.7. The fraction of sp³-hybridized carbons (Fsp3) is 0. The Balaban J connectivity index is 2.38. The Labute approximate surface area is 95.0 Å². The molecule has 0 aliphatic rings. The minimum atomic E-state index is -1.15. The molecule has 0 amide bonds. The number of fused-ring (bicyclic) bond motifs is 2. The van der Waals surface area contributed by atoms with Gasteiger partial charge in [0.25, 0.3) is 0 Å². The topological polar surface area (TPSA) is 53.0 Å². The summed E-state index contributed by atoms with van der Waals surface area (Å²) in [6, 6.07) is 11.3. The first-order chi connectivity index (χ1) is 7.74. The lowest BCUT2D eigenvalue weighted by Crippen LogP contribution is -2.20. The number of carbonyl (C=O) groups is 1. The van der Waals surface area contributed by atoms with Crippen molar-refractivity contribution < 1.29 is 9.90 Å². The molecule has 78 valence electrons. The van der Waals surface area contributed by atoms with Gasteiger partial charge < -0.3 is 9.90 Å². The second-order valence-corrected chi connectivity index (χ2v) is 4.50. The minimum Gasteiger partial charge on any atom is -0.544 e. The Hall–Kier alpha value is -1.94. The second kappa shape index (κ2) is 3.28. The van der Waals surface area contributed by atoms with Crippen LogP contribution in [-0.2, 0) is 0 Å². The minimum absolute atomic E-state index is 0.220. The van der Waals surface area contributed by atoms with Gasteiger partial charge in [-0.2, -0.15) is 0 Å². The number of aromatic carboxylic acids is 1. The van der Waals surface area contributed by atoms with Crippen molar-refractivity contribution >= 4 is 38.4 Å². The first kappa shape index (κ1) is 9.30. The van der Waals surface area contributed by atoms with E-state index in [-0.39, 0.29) is 4.88 Å². The van der Waals surface area contributed by atoms with E-state index < -0.39 is 5.97 Å². The number of para-hydroxylation sites is 1. The monoisotopic (exact) mass is 228 g/mol. The number of aromatic nitrogens is 1. The largest absolute Gasteiger partial charge is 0.544 e. The molecule has 0 fully saturated rings. The van der Waals surface area contributed by atoms with Gasteiger partial charge >= 0.3 is 0 Å². The molecule has 0 aliphatic carbocycles. The quantitative estimate of drug-likeness (QED) is 0.638. The fourth-order valence-corrected chi connectivity index (χ4v) is 2.53. The molecule has 4 heteroatoms. The Morgan fingerprint density at radius 1 is 1.19 bits per heavy atom. The number of rotatable bonds is 1. The number of thiophene rings is 1. The Morgan fingerprint density at radius 3 is 2.81 bits per heavy atom. The zero-order chi connectivity index (χ0) is 11.1. The zero-order valence-corrected chi connectivity index (χ0v) is 8.95. The lowest BCUT2D eigenvalue weighted by molar-refractivity contribution is -0.254. The van der Waals surface area contributed by atoms with Crippen molar-refractivity contribution in [2.24, 2.45) is 0 Å². The molecule has 0 bridgehead atoms. The number of carboxylic acids is 1. The van der Waals surface area contributed by atoms with Crippen LogP contribution in [0.25, 0.3) is 21.1 Å². The normalized spacial score (nSPS) is 11.0. The highest BCUT2D eigenvalue weighted by molar-refractivity contribution is 7.20. The van der Waals surface area contributed by atoms with Crippen LogP contribution in [0.15, 0.2) is 36.4 Å². The number of carbonyl (C=O) groups excluding carboxylic acids is 1. The van der Waals surface area contributed by atoms with Crippen LogP contribution < -0.4 is 5.11 Å². The van der Waals surface area contributed by atoms with Gasteiger partial charge in [-0.25, -0.2) is 4.98 Å². The Bertz CT molecular complexity index is 650. The molecule has 0 spiro atoms. The van der Waals surface area contributed by atoms with E-state index in [9.17, 15) is 9.90 Å². The van der Waals surface area contributed by atoms with Crippen LogP contribution in [0.5, 0.6) is 0 Å². The van der Waals surface area contributed by atoms with Crippen molar-refractivity contribution in [2.45, 2.75) is 0 Å². The van der Waals surface area contributed by atoms with Crippen LogP contribution in [-0.4, -0.2) is 11.0 Å². The highest BCUT2D eigenvalue weighted by Gasteiger charge is 2.05. The van der Waals surface area contributed by atoms with Gasteiger partial charge in [-0.3, -0.25) is 0 Å². The Kier molecular flexibility index (Phi) is 1.91. The van der Waals surface area contributed by atoms with Gasteiger partial charge in [-0.05, 0) is 18.2 Å². The maximum absolute atomic E-state index is 10.7. The first-order valence-corrected chi connectivity index (χ1v) is 5.56. The number of nitrogens with zero attached hydrogens (tertiary/aromatic N) is 1. The van der Waals surface area contributed by atoms with Crippen LogP contribution in [0.2, 0.25) is 0 Å². The summed E-state index contributed by atoms with van der Waals surface area (Å²) in [6.45, 7) is 0. The highest BCUT2D eigenvalue weighted by atomic mass is 32.1. The van der Waals surface area contributed by atoms with E-state index in [1.165, 1.54) is 0 Å². The predicted octanol–water partition coefficient (Wildman–Crippen LogP) is 1.81. The van der Waals surface area contributed by atoms with Crippen LogP contribution in [0.4, 0.5) is 0 Å². The van der Waals surface area contributed by atoms with Crippen molar-refractivity contribution in [3.05, 3.63) is 41.3 Å². The van der Waals surface area contributed by atoms with E-state index in [1.54, 1.807) is 6.07 Å². The molecule has 16 heavy (non-hydrogen) atoms. The summed E-state index contributed by atoms with van der Waals surface area (Å²) in [5.74, 6) is -1.15. The number of hydrogen-bond acceptors (Lipinski definition) is 4. The van der Waals surface area contributed by atoms with Crippen LogP contribution in [0.1, 0.15) is 9.67 Å². The van der Waals surface area contributed by atoms with E-state index in [0.717, 1.165) is 32.5 Å². The number of benzene rings is 1. The predicted molar refractivity (Wildman–Crippen MR) is 61.5 cm³/mol. The van der Waals surface area contributed by atoms with Crippen molar-refractivity contribution in [2.75, 3.05) is 0 Å². The summed E-state index contributed by atoms with van der Waals surface area (Å²) in [5.41, 5.74) is 0.877. The average Bonchev–Trinajstić information content (AvgIpc) is 2.68. The molecule has 0 unspecified atom stereocenters. The highest BCUT2D eigenvalue weighted by Crippen LogP contribution is 2.26. The van der Waals surface area contributed by atoms with Gasteiger partial charge in [0.05, 0.1) is 16.4 Å². The van der Waals surface area contributed by atoms with E-state index in [2.05, 4.69) is 4.98 Å². The molecule has 0 saturated carbocycles. The molecule has 3 nitrogen and oxygen atoms in total. The maximum Gasteiger partial charge on any atom is 0.124 e. The SMILES string of the molecule is O=C([O-])c1cc2cc3ccccc3nc2s1. The number of hydrogen-bond donors (Lipinski definition) is 0. The molecule has 0 saturated heterocycles. The van der Waals surface area contributed by atoms with Gasteiger partial charge in [0.2, 0.25) is 0 Å².